The zero-order chi connectivity index (χ0) is 19.5. The average Bonchev–Trinajstić information content (AvgIpc) is 3.04. The number of aryl methyl sites for hydroxylation is 1. The maximum Gasteiger partial charge on any atom is 0.139 e. The number of hydrogen-bond acceptors (Lipinski definition) is 4. The predicted octanol–water partition coefficient (Wildman–Crippen LogP) is 4.68. The fraction of sp³-hybridized carbons (Fsp3) is 0.136. The van der Waals surface area contributed by atoms with E-state index in [1.165, 1.54) is 12.1 Å². The van der Waals surface area contributed by atoms with Crippen molar-refractivity contribution in [3.63, 3.8) is 0 Å². The van der Waals surface area contributed by atoms with Gasteiger partial charge in [-0.1, -0.05) is 12.1 Å². The van der Waals surface area contributed by atoms with Gasteiger partial charge in [-0.25, -0.2) is 9.37 Å². The molecule has 0 amide bonds. The van der Waals surface area contributed by atoms with Gasteiger partial charge in [0.2, 0.25) is 0 Å². The van der Waals surface area contributed by atoms with E-state index in [9.17, 15) is 9.50 Å². The van der Waals surface area contributed by atoms with Gasteiger partial charge in [0.05, 0.1) is 0 Å². The molecule has 2 aromatic heterocycles. The lowest BCUT2D eigenvalue weighted by Gasteiger charge is -2.11. The van der Waals surface area contributed by atoms with Crippen molar-refractivity contribution in [3.05, 3.63) is 78.2 Å². The summed E-state index contributed by atoms with van der Waals surface area (Å²) in [5.74, 6) is 0.754. The Morgan fingerprint density at radius 1 is 1.00 bits per heavy atom. The second-order valence-electron chi connectivity index (χ2n) is 6.62. The van der Waals surface area contributed by atoms with Crippen LogP contribution in [-0.4, -0.2) is 27.6 Å². The molecule has 0 fully saturated rings. The largest absolute Gasteiger partial charge is 0.507 e. The maximum absolute atomic E-state index is 13.0. The maximum atomic E-state index is 13.0. The molecule has 0 radical (unpaired) electrons. The Labute approximate surface area is 162 Å². The van der Waals surface area contributed by atoms with Crippen molar-refractivity contribution in [2.24, 2.45) is 0 Å². The first-order valence-corrected chi connectivity index (χ1v) is 9.12. The van der Waals surface area contributed by atoms with E-state index in [-0.39, 0.29) is 11.6 Å². The molecule has 0 spiro atoms. The molecule has 0 unspecified atom stereocenters. The van der Waals surface area contributed by atoms with E-state index in [0.29, 0.717) is 24.3 Å². The number of phenols is 1. The van der Waals surface area contributed by atoms with Crippen LogP contribution in [0.3, 0.4) is 0 Å². The minimum Gasteiger partial charge on any atom is -0.507 e. The smallest absolute Gasteiger partial charge is 0.139 e. The number of aromatic nitrogens is 2. The number of nitrogens with one attached hydrogen (secondary N) is 2. The van der Waals surface area contributed by atoms with Crippen molar-refractivity contribution in [2.45, 2.75) is 6.92 Å². The van der Waals surface area contributed by atoms with E-state index in [2.05, 4.69) is 10.6 Å². The Bertz CT molecular complexity index is 1110. The molecule has 6 heteroatoms. The van der Waals surface area contributed by atoms with Gasteiger partial charge in [-0.05, 0) is 61.0 Å². The van der Waals surface area contributed by atoms with Gasteiger partial charge in [0.15, 0.2) is 0 Å². The summed E-state index contributed by atoms with van der Waals surface area (Å²) in [5, 5.41) is 17.0. The minimum atomic E-state index is -0.253. The number of aromatic hydroxyl groups is 1. The van der Waals surface area contributed by atoms with E-state index in [4.69, 9.17) is 4.98 Å². The van der Waals surface area contributed by atoms with Crippen LogP contribution in [0.1, 0.15) is 5.56 Å². The first kappa shape index (κ1) is 17.9. The number of nitrogens with zero attached hydrogens (tertiary/aromatic N) is 2. The number of fused-ring (bicyclic) bond motifs is 1. The van der Waals surface area contributed by atoms with Crippen molar-refractivity contribution >= 4 is 17.2 Å². The molecule has 4 aromatic rings. The van der Waals surface area contributed by atoms with Gasteiger partial charge in [-0.2, -0.15) is 0 Å². The van der Waals surface area contributed by atoms with E-state index in [1.807, 2.05) is 41.8 Å². The van der Waals surface area contributed by atoms with Gasteiger partial charge < -0.3 is 15.7 Å². The quantitative estimate of drug-likeness (QED) is 0.428. The Morgan fingerprint density at radius 2 is 1.75 bits per heavy atom. The minimum absolute atomic E-state index is 0.190. The van der Waals surface area contributed by atoms with E-state index >= 15 is 0 Å². The Morgan fingerprint density at radius 3 is 2.54 bits per heavy atom. The molecule has 3 N–H and O–H groups in total. The Kier molecular flexibility index (Phi) is 4.85. The highest BCUT2D eigenvalue weighted by molar-refractivity contribution is 5.80. The standard InChI is InChI=1S/C22H21FN4O/c1-15-10-13-27-20(14-15)26-21(18-4-2-3-5-19(18)28)22(27)25-12-11-24-17-8-6-16(23)7-9-17/h2-10,13-14,24-25,28H,11-12H2,1H3. The molecule has 0 saturated heterocycles. The van der Waals surface area contributed by atoms with Crippen LogP contribution in [-0.2, 0) is 0 Å². The van der Waals surface area contributed by atoms with Crippen LogP contribution < -0.4 is 10.6 Å². The molecule has 2 aromatic carbocycles. The highest BCUT2D eigenvalue weighted by Crippen LogP contribution is 2.34. The third-order valence-electron chi connectivity index (χ3n) is 4.53. The number of para-hydroxylation sites is 1. The topological polar surface area (TPSA) is 61.6 Å². The molecule has 0 aliphatic carbocycles. The summed E-state index contributed by atoms with van der Waals surface area (Å²) < 4.78 is 15.0. The molecule has 0 atom stereocenters. The van der Waals surface area contributed by atoms with Crippen molar-refractivity contribution in [1.82, 2.24) is 9.38 Å². The van der Waals surface area contributed by atoms with Gasteiger partial charge >= 0.3 is 0 Å². The number of imidazole rings is 1. The number of hydrogen-bond donors (Lipinski definition) is 3. The molecule has 0 aliphatic rings. The molecule has 2 heterocycles. The monoisotopic (exact) mass is 376 g/mol. The van der Waals surface area contributed by atoms with Gasteiger partial charge in [-0.15, -0.1) is 0 Å². The number of phenolic OH excluding ortho intramolecular Hbond substituents is 1. The fourth-order valence-electron chi connectivity index (χ4n) is 3.13. The summed E-state index contributed by atoms with van der Waals surface area (Å²) in [6.45, 7) is 3.29. The van der Waals surface area contributed by atoms with Crippen molar-refractivity contribution in [2.75, 3.05) is 23.7 Å². The predicted molar refractivity (Wildman–Crippen MR) is 110 cm³/mol. The number of halogens is 1. The second-order valence-corrected chi connectivity index (χ2v) is 6.62. The average molecular weight is 376 g/mol. The molecular formula is C22H21FN4O. The molecule has 28 heavy (non-hydrogen) atoms. The van der Waals surface area contributed by atoms with E-state index in [1.54, 1.807) is 24.3 Å². The fourth-order valence-corrected chi connectivity index (χ4v) is 3.13. The van der Waals surface area contributed by atoms with Crippen LogP contribution in [0.2, 0.25) is 0 Å². The molecule has 0 aliphatic heterocycles. The first-order valence-electron chi connectivity index (χ1n) is 9.12. The lowest BCUT2D eigenvalue weighted by Crippen LogP contribution is -2.15. The van der Waals surface area contributed by atoms with Crippen LogP contribution >= 0.6 is 0 Å². The van der Waals surface area contributed by atoms with Crippen molar-refractivity contribution in [1.29, 1.82) is 0 Å². The van der Waals surface area contributed by atoms with Gasteiger partial charge in [0.25, 0.3) is 0 Å². The van der Waals surface area contributed by atoms with Gasteiger partial charge in [0.1, 0.15) is 28.7 Å². The SMILES string of the molecule is Cc1ccn2c(NCCNc3ccc(F)cc3)c(-c3ccccc3O)nc2c1. The summed E-state index contributed by atoms with van der Waals surface area (Å²) in [4.78, 5) is 4.73. The van der Waals surface area contributed by atoms with Crippen LogP contribution in [0.4, 0.5) is 15.9 Å². The van der Waals surface area contributed by atoms with E-state index < -0.39 is 0 Å². The van der Waals surface area contributed by atoms with Gasteiger partial charge in [0, 0.05) is 30.5 Å². The van der Waals surface area contributed by atoms with Crippen LogP contribution in [0.25, 0.3) is 16.9 Å². The Hall–Kier alpha value is -3.54. The molecule has 0 bridgehead atoms. The number of benzene rings is 2. The third kappa shape index (κ3) is 3.62. The van der Waals surface area contributed by atoms with Crippen LogP contribution in [0.15, 0.2) is 66.9 Å². The highest BCUT2D eigenvalue weighted by atomic mass is 19.1. The summed E-state index contributed by atoms with van der Waals surface area (Å²) >= 11 is 0. The zero-order valence-electron chi connectivity index (χ0n) is 15.5. The summed E-state index contributed by atoms with van der Waals surface area (Å²) in [6, 6.07) is 17.5. The highest BCUT2D eigenvalue weighted by Gasteiger charge is 2.16. The van der Waals surface area contributed by atoms with E-state index in [0.717, 1.165) is 22.7 Å². The lowest BCUT2D eigenvalue weighted by atomic mass is 10.1. The number of anilines is 2. The van der Waals surface area contributed by atoms with Crippen molar-refractivity contribution < 1.29 is 9.50 Å². The van der Waals surface area contributed by atoms with Crippen LogP contribution in [0.5, 0.6) is 5.75 Å². The third-order valence-corrected chi connectivity index (χ3v) is 4.53. The zero-order valence-corrected chi connectivity index (χ0v) is 15.5. The molecule has 4 rings (SSSR count). The molecule has 5 nitrogen and oxygen atoms in total. The van der Waals surface area contributed by atoms with Crippen molar-refractivity contribution in [3.8, 4) is 17.0 Å². The number of rotatable bonds is 6. The lowest BCUT2D eigenvalue weighted by molar-refractivity contribution is 0.477. The Balaban J connectivity index is 1.59. The second kappa shape index (κ2) is 7.60. The summed E-state index contributed by atoms with van der Waals surface area (Å²) in [7, 11) is 0. The first-order chi connectivity index (χ1) is 13.6. The summed E-state index contributed by atoms with van der Waals surface area (Å²) in [6.07, 6.45) is 1.97. The summed E-state index contributed by atoms with van der Waals surface area (Å²) in [5.41, 5.74) is 4.17. The molecular weight excluding hydrogens is 355 g/mol. The van der Waals surface area contributed by atoms with Crippen LogP contribution in [0, 0.1) is 12.7 Å². The molecule has 0 saturated carbocycles. The number of pyridine rings is 1. The normalized spacial score (nSPS) is 10.9. The van der Waals surface area contributed by atoms with Gasteiger partial charge in [-0.3, -0.25) is 4.40 Å². The molecule has 142 valence electrons.